The molecule has 1 amide bonds. The molecule has 1 fully saturated rings. The lowest BCUT2D eigenvalue weighted by molar-refractivity contribution is -0.0375. The molecule has 0 heterocycles. The van der Waals surface area contributed by atoms with Gasteiger partial charge in [0.2, 0.25) is 0 Å². The topological polar surface area (TPSA) is 108 Å². The van der Waals surface area contributed by atoms with E-state index in [1.807, 2.05) is 30.3 Å². The van der Waals surface area contributed by atoms with Gasteiger partial charge in [-0.1, -0.05) is 30.3 Å². The number of hydrogen-bond acceptors (Lipinski definition) is 8. The van der Waals surface area contributed by atoms with Gasteiger partial charge >= 0.3 is 6.09 Å². The van der Waals surface area contributed by atoms with Gasteiger partial charge in [-0.15, -0.1) is 0 Å². The van der Waals surface area contributed by atoms with Crippen molar-refractivity contribution < 1.29 is 38.0 Å². The fourth-order valence-electron chi connectivity index (χ4n) is 3.08. The molecule has 0 unspecified atom stereocenters. The van der Waals surface area contributed by atoms with Gasteiger partial charge in [0.1, 0.15) is 6.10 Å². The number of ether oxygens (including phenoxy) is 7. The quantitative estimate of drug-likeness (QED) is 0.298. The highest BCUT2D eigenvalue weighted by Gasteiger charge is 2.31. The van der Waals surface area contributed by atoms with Gasteiger partial charge in [0.15, 0.2) is 0 Å². The van der Waals surface area contributed by atoms with Crippen LogP contribution in [0.5, 0.6) is 0 Å². The molecule has 2 rings (SSSR count). The number of amides is 1. The lowest BCUT2D eigenvalue weighted by atomic mass is 9.83. The largest absolute Gasteiger partial charge is 0.446 e. The number of nitrogens with two attached hydrogens (primary N) is 1. The van der Waals surface area contributed by atoms with Crippen LogP contribution in [0.25, 0.3) is 0 Å². The lowest BCUT2D eigenvalue weighted by Gasteiger charge is -2.33. The molecule has 0 aliphatic heterocycles. The molecule has 1 aliphatic rings. The summed E-state index contributed by atoms with van der Waals surface area (Å²) in [6, 6.07) is 10.1. The molecule has 9 nitrogen and oxygen atoms in total. The van der Waals surface area contributed by atoms with Crippen LogP contribution in [0.15, 0.2) is 30.3 Å². The van der Waals surface area contributed by atoms with Crippen LogP contribution >= 0.6 is 0 Å². The summed E-state index contributed by atoms with van der Waals surface area (Å²) < 4.78 is 37.8. The molecule has 9 heteroatoms. The first-order valence-corrected chi connectivity index (χ1v) is 11.2. The van der Waals surface area contributed by atoms with Crippen molar-refractivity contribution in [1.82, 2.24) is 0 Å². The van der Waals surface area contributed by atoms with E-state index in [1.54, 1.807) is 0 Å². The Morgan fingerprint density at radius 2 is 1.19 bits per heavy atom. The zero-order chi connectivity index (χ0) is 22.7. The van der Waals surface area contributed by atoms with Gasteiger partial charge < -0.3 is 38.9 Å². The first kappa shape index (κ1) is 26.5. The molecule has 1 aliphatic carbocycles. The molecular weight excluding hydrogens is 418 g/mol. The van der Waals surface area contributed by atoms with Gasteiger partial charge in [-0.3, -0.25) is 0 Å². The molecule has 182 valence electrons. The standard InChI is InChI=1S/C23H37NO8/c24-23(25)32-22-16-21(17-22)19-31-15-13-29-11-9-27-7-6-26-8-10-28-12-14-30-18-20-4-2-1-3-5-20/h1-5,21-22H,6-19H2,(H2,24,25). The Bertz CT molecular complexity index is 583. The van der Waals surface area contributed by atoms with Gasteiger partial charge in [-0.05, 0) is 24.3 Å². The van der Waals surface area contributed by atoms with Crippen LogP contribution in [0.1, 0.15) is 18.4 Å². The summed E-state index contributed by atoms with van der Waals surface area (Å²) in [5.74, 6) is 0.432. The van der Waals surface area contributed by atoms with E-state index in [1.165, 1.54) is 0 Å². The number of primary amides is 1. The summed E-state index contributed by atoms with van der Waals surface area (Å²) in [5.41, 5.74) is 6.13. The second-order valence-electron chi connectivity index (χ2n) is 7.46. The molecule has 1 aromatic rings. The first-order chi connectivity index (χ1) is 15.7. The van der Waals surface area contributed by atoms with E-state index in [2.05, 4.69) is 0 Å². The van der Waals surface area contributed by atoms with E-state index in [4.69, 9.17) is 38.9 Å². The predicted octanol–water partition coefficient (Wildman–Crippen LogP) is 2.16. The normalized spacial score (nSPS) is 17.8. The van der Waals surface area contributed by atoms with Crippen LogP contribution in [0.4, 0.5) is 4.79 Å². The smallest absolute Gasteiger partial charge is 0.404 e. The number of rotatable bonds is 20. The fraction of sp³-hybridized carbons (Fsp3) is 0.696. The molecule has 0 saturated heterocycles. The van der Waals surface area contributed by atoms with E-state index in [9.17, 15) is 4.79 Å². The Morgan fingerprint density at radius 3 is 1.69 bits per heavy atom. The average Bonchev–Trinajstić information content (AvgIpc) is 2.76. The minimum absolute atomic E-state index is 0.0456. The predicted molar refractivity (Wildman–Crippen MR) is 117 cm³/mol. The third-order valence-electron chi connectivity index (χ3n) is 4.80. The molecule has 0 aromatic heterocycles. The molecule has 2 N–H and O–H groups in total. The molecular formula is C23H37NO8. The van der Waals surface area contributed by atoms with Crippen LogP contribution < -0.4 is 5.73 Å². The van der Waals surface area contributed by atoms with E-state index in [0.717, 1.165) is 18.4 Å². The minimum atomic E-state index is -0.707. The number of carbonyl (C=O) groups excluding carboxylic acids is 1. The van der Waals surface area contributed by atoms with Crippen LogP contribution in [-0.2, 0) is 39.8 Å². The van der Waals surface area contributed by atoms with Crippen molar-refractivity contribution in [3.05, 3.63) is 35.9 Å². The Morgan fingerprint density at radius 1 is 0.719 bits per heavy atom. The van der Waals surface area contributed by atoms with Crippen molar-refractivity contribution in [1.29, 1.82) is 0 Å². The van der Waals surface area contributed by atoms with E-state index < -0.39 is 6.09 Å². The fourth-order valence-corrected chi connectivity index (χ4v) is 3.08. The zero-order valence-electron chi connectivity index (χ0n) is 18.8. The molecule has 1 aromatic carbocycles. The highest BCUT2D eigenvalue weighted by molar-refractivity contribution is 5.64. The van der Waals surface area contributed by atoms with Crippen LogP contribution in [-0.4, -0.2) is 84.9 Å². The molecule has 0 bridgehead atoms. The van der Waals surface area contributed by atoms with Crippen molar-refractivity contribution in [2.45, 2.75) is 25.6 Å². The highest BCUT2D eigenvalue weighted by atomic mass is 16.6. The van der Waals surface area contributed by atoms with Crippen molar-refractivity contribution in [2.75, 3.05) is 72.7 Å². The Kier molecular flexibility index (Phi) is 14.7. The number of carbonyl (C=O) groups is 1. The minimum Gasteiger partial charge on any atom is -0.446 e. The van der Waals surface area contributed by atoms with Crippen molar-refractivity contribution in [3.8, 4) is 0 Å². The molecule has 0 atom stereocenters. The van der Waals surface area contributed by atoms with Gasteiger partial charge in [-0.2, -0.15) is 0 Å². The summed E-state index contributed by atoms with van der Waals surface area (Å²) in [4.78, 5) is 10.6. The average molecular weight is 456 g/mol. The van der Waals surface area contributed by atoms with Crippen LogP contribution in [0.3, 0.4) is 0 Å². The summed E-state index contributed by atoms with van der Waals surface area (Å²) in [7, 11) is 0. The van der Waals surface area contributed by atoms with Crippen molar-refractivity contribution in [3.63, 3.8) is 0 Å². The van der Waals surface area contributed by atoms with Gasteiger partial charge in [-0.25, -0.2) is 4.79 Å². The third-order valence-corrected chi connectivity index (χ3v) is 4.80. The van der Waals surface area contributed by atoms with Crippen LogP contribution in [0.2, 0.25) is 0 Å². The highest BCUT2D eigenvalue weighted by Crippen LogP contribution is 2.30. The second kappa shape index (κ2) is 17.8. The summed E-state index contributed by atoms with van der Waals surface area (Å²) in [6.45, 7) is 6.61. The Hall–Kier alpha value is -1.75. The second-order valence-corrected chi connectivity index (χ2v) is 7.46. The van der Waals surface area contributed by atoms with E-state index in [0.29, 0.717) is 85.2 Å². The van der Waals surface area contributed by atoms with E-state index >= 15 is 0 Å². The molecule has 0 radical (unpaired) electrons. The Balaban J connectivity index is 1.20. The maximum absolute atomic E-state index is 10.6. The monoisotopic (exact) mass is 455 g/mol. The maximum atomic E-state index is 10.6. The summed E-state index contributed by atoms with van der Waals surface area (Å²) in [6.07, 6.45) is 0.877. The van der Waals surface area contributed by atoms with Crippen LogP contribution in [0, 0.1) is 5.92 Å². The SMILES string of the molecule is NC(=O)OC1CC(COCCOCCOCCOCCOCCOCc2ccccc2)C1. The molecule has 1 saturated carbocycles. The first-order valence-electron chi connectivity index (χ1n) is 11.2. The zero-order valence-corrected chi connectivity index (χ0v) is 18.8. The lowest BCUT2D eigenvalue weighted by Crippen LogP contribution is -2.37. The summed E-state index contributed by atoms with van der Waals surface area (Å²) in [5, 5.41) is 0. The van der Waals surface area contributed by atoms with Crippen molar-refractivity contribution >= 4 is 6.09 Å². The van der Waals surface area contributed by atoms with Gasteiger partial charge in [0.05, 0.1) is 72.7 Å². The summed E-state index contributed by atoms with van der Waals surface area (Å²) >= 11 is 0. The number of hydrogen-bond donors (Lipinski definition) is 1. The van der Waals surface area contributed by atoms with E-state index in [-0.39, 0.29) is 6.10 Å². The van der Waals surface area contributed by atoms with Gasteiger partial charge in [0, 0.05) is 6.61 Å². The molecule has 0 spiro atoms. The van der Waals surface area contributed by atoms with Crippen molar-refractivity contribution in [2.24, 2.45) is 11.7 Å². The Labute approximate surface area is 190 Å². The molecule has 32 heavy (non-hydrogen) atoms. The number of benzene rings is 1. The van der Waals surface area contributed by atoms with Gasteiger partial charge in [0.25, 0.3) is 0 Å². The third kappa shape index (κ3) is 13.6. The maximum Gasteiger partial charge on any atom is 0.404 e.